The molecule has 2 aliphatic carbocycles. The highest BCUT2D eigenvalue weighted by Gasteiger charge is 2.33. The molecule has 0 radical (unpaired) electrons. The van der Waals surface area contributed by atoms with Gasteiger partial charge in [0.2, 0.25) is 5.91 Å². The van der Waals surface area contributed by atoms with Gasteiger partial charge in [0, 0.05) is 5.92 Å². The summed E-state index contributed by atoms with van der Waals surface area (Å²) in [5, 5.41) is 14.8. The Morgan fingerprint density at radius 3 is 2.11 bits per heavy atom. The topological polar surface area (TPSA) is 105 Å². The SMILES string of the molecule is CC(C)=CCC(NC(=O)OCC1c2ccccc2-c2ccccc21)C(=O)N[C@@H](CC1CC1)C(=O)O. The zero-order valence-electron chi connectivity index (χ0n) is 20.1. The average Bonchev–Trinajstić information content (AvgIpc) is 3.60. The molecule has 2 aromatic rings. The molecular formula is C28H32N2O5. The van der Waals surface area contributed by atoms with E-state index in [2.05, 4.69) is 22.8 Å². The summed E-state index contributed by atoms with van der Waals surface area (Å²) in [6.07, 6.45) is 3.75. The van der Waals surface area contributed by atoms with E-state index in [1.807, 2.05) is 56.3 Å². The van der Waals surface area contributed by atoms with Gasteiger partial charge < -0.3 is 20.5 Å². The molecule has 3 N–H and O–H groups in total. The number of nitrogens with one attached hydrogen (secondary N) is 2. The number of allylic oxidation sites excluding steroid dienone is 1. The standard InChI is InChI=1S/C28H32N2O5/c1-17(2)11-14-24(26(31)29-25(27(32)33)15-18-12-13-18)30-28(34)35-16-23-21-9-5-3-7-19(21)20-8-4-6-10-22(20)23/h3-11,18,23-25H,12-16H2,1-2H3,(H,29,31)(H,30,34)(H,32,33)/t24?,25-/m0/s1. The molecule has 7 nitrogen and oxygen atoms in total. The Hall–Kier alpha value is -3.61. The normalized spacial score (nSPS) is 15.8. The van der Waals surface area contributed by atoms with Crippen molar-refractivity contribution < 1.29 is 24.2 Å². The van der Waals surface area contributed by atoms with Crippen LogP contribution in [0.4, 0.5) is 4.79 Å². The summed E-state index contributed by atoms with van der Waals surface area (Å²) in [6.45, 7) is 3.93. The molecular weight excluding hydrogens is 444 g/mol. The summed E-state index contributed by atoms with van der Waals surface area (Å²) in [5.74, 6) is -1.34. The first kappa shape index (κ1) is 24.5. The molecule has 4 rings (SSSR count). The van der Waals surface area contributed by atoms with Crippen LogP contribution in [0.2, 0.25) is 0 Å². The lowest BCUT2D eigenvalue weighted by Crippen LogP contribution is -2.51. The Labute approximate surface area is 205 Å². The number of rotatable bonds is 10. The second kappa shape index (κ2) is 10.8. The van der Waals surface area contributed by atoms with Crippen LogP contribution in [0.25, 0.3) is 11.1 Å². The molecule has 35 heavy (non-hydrogen) atoms. The van der Waals surface area contributed by atoms with Gasteiger partial charge in [0.05, 0.1) is 0 Å². The number of carbonyl (C=O) groups excluding carboxylic acids is 2. The van der Waals surface area contributed by atoms with Crippen LogP contribution < -0.4 is 10.6 Å². The minimum atomic E-state index is -1.06. The molecule has 7 heteroatoms. The summed E-state index contributed by atoms with van der Waals surface area (Å²) in [4.78, 5) is 37.3. The van der Waals surface area contributed by atoms with Gasteiger partial charge in [-0.2, -0.15) is 0 Å². The molecule has 2 aromatic carbocycles. The van der Waals surface area contributed by atoms with E-state index in [9.17, 15) is 19.5 Å². The number of carbonyl (C=O) groups is 3. The van der Waals surface area contributed by atoms with Crippen molar-refractivity contribution in [2.45, 2.75) is 57.5 Å². The van der Waals surface area contributed by atoms with E-state index in [0.717, 1.165) is 40.7 Å². The Morgan fingerprint density at radius 1 is 0.971 bits per heavy atom. The Kier molecular flexibility index (Phi) is 7.54. The summed E-state index contributed by atoms with van der Waals surface area (Å²) < 4.78 is 5.59. The number of hydrogen-bond acceptors (Lipinski definition) is 4. The first-order chi connectivity index (χ1) is 16.8. The van der Waals surface area contributed by atoms with Crippen LogP contribution in [0.1, 0.15) is 56.6 Å². The third-order valence-electron chi connectivity index (χ3n) is 6.59. The van der Waals surface area contributed by atoms with Gasteiger partial charge in [-0.1, -0.05) is 73.0 Å². The molecule has 1 fully saturated rings. The van der Waals surface area contributed by atoms with Gasteiger partial charge in [0.1, 0.15) is 18.7 Å². The maximum atomic E-state index is 12.9. The van der Waals surface area contributed by atoms with Crippen LogP contribution in [-0.2, 0) is 14.3 Å². The fourth-order valence-electron chi connectivity index (χ4n) is 4.55. The van der Waals surface area contributed by atoms with E-state index in [4.69, 9.17) is 4.74 Å². The molecule has 1 saturated carbocycles. The van der Waals surface area contributed by atoms with Crippen LogP contribution in [0.3, 0.4) is 0 Å². The van der Waals surface area contributed by atoms with Crippen LogP contribution in [-0.4, -0.2) is 41.8 Å². The van der Waals surface area contributed by atoms with Crippen molar-refractivity contribution >= 4 is 18.0 Å². The highest BCUT2D eigenvalue weighted by Crippen LogP contribution is 2.44. The van der Waals surface area contributed by atoms with Gasteiger partial charge in [0.15, 0.2) is 0 Å². The zero-order valence-corrected chi connectivity index (χ0v) is 20.1. The van der Waals surface area contributed by atoms with Crippen molar-refractivity contribution in [3.05, 3.63) is 71.3 Å². The highest BCUT2D eigenvalue weighted by molar-refractivity contribution is 5.89. The van der Waals surface area contributed by atoms with E-state index < -0.39 is 30.1 Å². The molecule has 2 aliphatic rings. The van der Waals surface area contributed by atoms with Crippen molar-refractivity contribution in [2.75, 3.05) is 6.61 Å². The quantitative estimate of drug-likeness (QED) is 0.434. The first-order valence-electron chi connectivity index (χ1n) is 12.1. The Bertz CT molecular complexity index is 1090. The first-order valence-corrected chi connectivity index (χ1v) is 12.1. The van der Waals surface area contributed by atoms with Gasteiger partial charge in [-0.3, -0.25) is 4.79 Å². The third-order valence-corrected chi connectivity index (χ3v) is 6.59. The molecule has 0 saturated heterocycles. The van der Waals surface area contributed by atoms with Crippen LogP contribution in [0, 0.1) is 5.92 Å². The molecule has 0 aliphatic heterocycles. The number of carboxylic acid groups (broad SMARTS) is 1. The predicted octanol–water partition coefficient (Wildman–Crippen LogP) is 4.62. The molecule has 0 aromatic heterocycles. The molecule has 0 bridgehead atoms. The highest BCUT2D eigenvalue weighted by atomic mass is 16.5. The van der Waals surface area contributed by atoms with E-state index in [1.165, 1.54) is 0 Å². The Morgan fingerprint density at radius 2 is 1.57 bits per heavy atom. The zero-order chi connectivity index (χ0) is 24.9. The summed E-state index contributed by atoms with van der Waals surface area (Å²) in [5.41, 5.74) is 5.46. The summed E-state index contributed by atoms with van der Waals surface area (Å²) in [7, 11) is 0. The molecule has 0 spiro atoms. The van der Waals surface area contributed by atoms with Gasteiger partial charge in [-0.15, -0.1) is 0 Å². The number of amides is 2. The molecule has 1 unspecified atom stereocenters. The lowest BCUT2D eigenvalue weighted by atomic mass is 9.98. The number of alkyl carbamates (subject to hydrolysis) is 1. The van der Waals surface area contributed by atoms with Crippen molar-refractivity contribution in [1.29, 1.82) is 0 Å². The van der Waals surface area contributed by atoms with Crippen molar-refractivity contribution in [1.82, 2.24) is 10.6 Å². The van der Waals surface area contributed by atoms with E-state index >= 15 is 0 Å². The van der Waals surface area contributed by atoms with Gasteiger partial charge >= 0.3 is 12.1 Å². The number of carboxylic acids is 1. The predicted molar refractivity (Wildman–Crippen MR) is 133 cm³/mol. The van der Waals surface area contributed by atoms with Gasteiger partial charge in [-0.25, -0.2) is 9.59 Å². The van der Waals surface area contributed by atoms with Crippen molar-refractivity contribution in [3.8, 4) is 11.1 Å². The number of hydrogen-bond donors (Lipinski definition) is 3. The fourth-order valence-corrected chi connectivity index (χ4v) is 4.55. The number of ether oxygens (including phenoxy) is 1. The molecule has 184 valence electrons. The smallest absolute Gasteiger partial charge is 0.407 e. The van der Waals surface area contributed by atoms with Crippen LogP contribution in [0.15, 0.2) is 60.2 Å². The Balaban J connectivity index is 1.41. The maximum Gasteiger partial charge on any atom is 0.407 e. The molecule has 2 amide bonds. The van der Waals surface area contributed by atoms with Gasteiger partial charge in [0.25, 0.3) is 0 Å². The molecule has 2 atom stereocenters. The lowest BCUT2D eigenvalue weighted by molar-refractivity contribution is -0.142. The minimum Gasteiger partial charge on any atom is -0.480 e. The van der Waals surface area contributed by atoms with Gasteiger partial charge in [-0.05, 0) is 54.9 Å². The second-order valence-corrected chi connectivity index (χ2v) is 9.62. The van der Waals surface area contributed by atoms with E-state index in [-0.39, 0.29) is 18.9 Å². The second-order valence-electron chi connectivity index (χ2n) is 9.62. The average molecular weight is 477 g/mol. The van der Waals surface area contributed by atoms with Crippen LogP contribution >= 0.6 is 0 Å². The third kappa shape index (κ3) is 6.10. The largest absolute Gasteiger partial charge is 0.480 e. The molecule has 0 heterocycles. The minimum absolute atomic E-state index is 0.0897. The maximum absolute atomic E-state index is 12.9. The summed E-state index contributed by atoms with van der Waals surface area (Å²) in [6, 6.07) is 14.2. The van der Waals surface area contributed by atoms with Crippen molar-refractivity contribution in [3.63, 3.8) is 0 Å². The monoisotopic (exact) mass is 476 g/mol. The van der Waals surface area contributed by atoms with Crippen LogP contribution in [0.5, 0.6) is 0 Å². The lowest BCUT2D eigenvalue weighted by Gasteiger charge is -2.21. The van der Waals surface area contributed by atoms with E-state index in [0.29, 0.717) is 12.3 Å². The van der Waals surface area contributed by atoms with Crippen molar-refractivity contribution in [2.24, 2.45) is 5.92 Å². The summed E-state index contributed by atoms with van der Waals surface area (Å²) >= 11 is 0. The number of aliphatic carboxylic acids is 1. The number of benzene rings is 2. The number of fused-ring (bicyclic) bond motifs is 3. The van der Waals surface area contributed by atoms with E-state index in [1.54, 1.807) is 0 Å². The fraction of sp³-hybridized carbons (Fsp3) is 0.393.